The maximum Gasteiger partial charge on any atom is 0.102 e. The largest absolute Gasteiger partial charge is 0.386 e. The van der Waals surface area contributed by atoms with Gasteiger partial charge in [-0.05, 0) is 37.5 Å². The minimum atomic E-state index is -0.433. The highest BCUT2D eigenvalue weighted by atomic mass is 16.3. The molecular formula is C17H22N2O. The van der Waals surface area contributed by atoms with Gasteiger partial charge in [-0.1, -0.05) is 38.0 Å². The maximum absolute atomic E-state index is 10.9. The van der Waals surface area contributed by atoms with Crippen molar-refractivity contribution in [1.82, 2.24) is 9.78 Å². The molecule has 1 N–H and O–H groups in total. The standard InChI is InChI=1S/C17H22N2O/c1-2-17(11-6-7-12-17)16(20)15-10-13-18-19(15)14-8-4-3-5-9-14/h3-5,8-10,13,16,20H,2,6-7,11-12H2,1H3. The fourth-order valence-corrected chi connectivity index (χ4v) is 3.52. The van der Waals surface area contributed by atoms with Crippen LogP contribution < -0.4 is 0 Å². The molecule has 0 aliphatic heterocycles. The Kier molecular flexibility index (Phi) is 3.62. The molecule has 0 saturated heterocycles. The number of benzene rings is 1. The summed E-state index contributed by atoms with van der Waals surface area (Å²) in [6.07, 6.45) is 7.06. The normalized spacial score (nSPS) is 19.1. The highest BCUT2D eigenvalue weighted by molar-refractivity contribution is 5.33. The van der Waals surface area contributed by atoms with Crippen LogP contribution >= 0.6 is 0 Å². The third-order valence-corrected chi connectivity index (χ3v) is 4.84. The van der Waals surface area contributed by atoms with E-state index in [4.69, 9.17) is 0 Å². The molecule has 1 saturated carbocycles. The Labute approximate surface area is 120 Å². The zero-order valence-electron chi connectivity index (χ0n) is 12.0. The van der Waals surface area contributed by atoms with Gasteiger partial charge in [0.05, 0.1) is 11.4 Å². The van der Waals surface area contributed by atoms with Gasteiger partial charge in [0.2, 0.25) is 0 Å². The van der Waals surface area contributed by atoms with Crippen LogP contribution in [0.4, 0.5) is 0 Å². The summed E-state index contributed by atoms with van der Waals surface area (Å²) in [6.45, 7) is 2.19. The average molecular weight is 270 g/mol. The molecule has 1 heterocycles. The van der Waals surface area contributed by atoms with Gasteiger partial charge >= 0.3 is 0 Å². The van der Waals surface area contributed by atoms with Crippen molar-refractivity contribution in [2.24, 2.45) is 5.41 Å². The van der Waals surface area contributed by atoms with E-state index in [1.807, 2.05) is 41.1 Å². The minimum absolute atomic E-state index is 0.0343. The van der Waals surface area contributed by atoms with E-state index in [1.54, 1.807) is 6.20 Å². The molecule has 0 spiro atoms. The number of aliphatic hydroxyl groups excluding tert-OH is 1. The monoisotopic (exact) mass is 270 g/mol. The van der Waals surface area contributed by atoms with Crippen molar-refractivity contribution in [2.45, 2.75) is 45.1 Å². The zero-order chi connectivity index (χ0) is 14.0. The lowest BCUT2D eigenvalue weighted by Crippen LogP contribution is -2.27. The first-order chi connectivity index (χ1) is 9.77. The van der Waals surface area contributed by atoms with Crippen LogP contribution in [-0.4, -0.2) is 14.9 Å². The molecule has 0 radical (unpaired) electrons. The molecule has 1 unspecified atom stereocenters. The Morgan fingerprint density at radius 3 is 2.55 bits per heavy atom. The molecule has 1 aromatic carbocycles. The number of hydrogen-bond acceptors (Lipinski definition) is 2. The second-order valence-corrected chi connectivity index (χ2v) is 5.83. The first kappa shape index (κ1) is 13.4. The number of nitrogens with zero attached hydrogens (tertiary/aromatic N) is 2. The second-order valence-electron chi connectivity index (χ2n) is 5.83. The highest BCUT2D eigenvalue weighted by Gasteiger charge is 2.41. The van der Waals surface area contributed by atoms with E-state index in [9.17, 15) is 5.11 Å². The molecule has 0 amide bonds. The van der Waals surface area contributed by atoms with Gasteiger partial charge in [0, 0.05) is 11.6 Å². The second kappa shape index (κ2) is 5.41. The van der Waals surface area contributed by atoms with Gasteiger partial charge in [-0.2, -0.15) is 5.10 Å². The Morgan fingerprint density at radius 1 is 1.20 bits per heavy atom. The predicted octanol–water partition coefficient (Wildman–Crippen LogP) is 3.88. The van der Waals surface area contributed by atoms with E-state index >= 15 is 0 Å². The van der Waals surface area contributed by atoms with E-state index in [1.165, 1.54) is 12.8 Å². The van der Waals surface area contributed by atoms with E-state index in [-0.39, 0.29) is 5.41 Å². The summed E-state index contributed by atoms with van der Waals surface area (Å²) in [5.74, 6) is 0. The van der Waals surface area contributed by atoms with Crippen molar-refractivity contribution in [1.29, 1.82) is 0 Å². The van der Waals surface area contributed by atoms with Crippen LogP contribution in [0.25, 0.3) is 5.69 Å². The lowest BCUT2D eigenvalue weighted by atomic mass is 9.76. The summed E-state index contributed by atoms with van der Waals surface area (Å²) in [5, 5.41) is 15.3. The van der Waals surface area contributed by atoms with Crippen molar-refractivity contribution in [2.75, 3.05) is 0 Å². The van der Waals surface area contributed by atoms with Crippen LogP contribution in [0, 0.1) is 5.41 Å². The molecule has 0 bridgehead atoms. The molecule has 3 rings (SSSR count). The Morgan fingerprint density at radius 2 is 1.90 bits per heavy atom. The summed E-state index contributed by atoms with van der Waals surface area (Å²) < 4.78 is 1.88. The van der Waals surface area contributed by atoms with Crippen LogP contribution in [0.1, 0.15) is 50.8 Å². The molecule has 3 nitrogen and oxygen atoms in total. The van der Waals surface area contributed by atoms with Crippen LogP contribution in [0.2, 0.25) is 0 Å². The number of aliphatic hydroxyl groups is 1. The molecule has 20 heavy (non-hydrogen) atoms. The first-order valence-corrected chi connectivity index (χ1v) is 7.54. The summed E-state index contributed by atoms with van der Waals surface area (Å²) in [5.41, 5.74) is 1.96. The molecule has 1 atom stereocenters. The lowest BCUT2D eigenvalue weighted by molar-refractivity contribution is 0.0188. The zero-order valence-corrected chi connectivity index (χ0v) is 12.0. The molecule has 2 aromatic rings. The molecule has 1 fully saturated rings. The van der Waals surface area contributed by atoms with Gasteiger partial charge in [-0.15, -0.1) is 0 Å². The topological polar surface area (TPSA) is 38.1 Å². The van der Waals surface area contributed by atoms with Gasteiger partial charge in [-0.3, -0.25) is 0 Å². The van der Waals surface area contributed by atoms with Crippen molar-refractivity contribution < 1.29 is 5.11 Å². The molecule has 1 aliphatic carbocycles. The maximum atomic E-state index is 10.9. The minimum Gasteiger partial charge on any atom is -0.386 e. The third kappa shape index (κ3) is 2.16. The number of aromatic nitrogens is 2. The van der Waals surface area contributed by atoms with Crippen molar-refractivity contribution >= 4 is 0 Å². The number of rotatable bonds is 4. The van der Waals surface area contributed by atoms with Crippen LogP contribution in [0.15, 0.2) is 42.6 Å². The van der Waals surface area contributed by atoms with E-state index in [2.05, 4.69) is 12.0 Å². The fraction of sp³-hybridized carbons (Fsp3) is 0.471. The Balaban J connectivity index is 1.97. The third-order valence-electron chi connectivity index (χ3n) is 4.84. The van der Waals surface area contributed by atoms with Gasteiger partial charge in [0.1, 0.15) is 6.10 Å². The summed E-state index contributed by atoms with van der Waals surface area (Å²) in [7, 11) is 0. The van der Waals surface area contributed by atoms with Gasteiger partial charge in [0.25, 0.3) is 0 Å². The van der Waals surface area contributed by atoms with Gasteiger partial charge < -0.3 is 5.11 Å². The fourth-order valence-electron chi connectivity index (χ4n) is 3.52. The Hall–Kier alpha value is -1.61. The van der Waals surface area contributed by atoms with Gasteiger partial charge in [-0.25, -0.2) is 4.68 Å². The predicted molar refractivity (Wildman–Crippen MR) is 79.7 cm³/mol. The van der Waals surface area contributed by atoms with Crippen LogP contribution in [-0.2, 0) is 0 Å². The van der Waals surface area contributed by atoms with Gasteiger partial charge in [0.15, 0.2) is 0 Å². The molecule has 1 aromatic heterocycles. The van der Waals surface area contributed by atoms with Crippen molar-refractivity contribution in [3.05, 3.63) is 48.3 Å². The van der Waals surface area contributed by atoms with Crippen LogP contribution in [0.5, 0.6) is 0 Å². The number of para-hydroxylation sites is 1. The van der Waals surface area contributed by atoms with Crippen molar-refractivity contribution in [3.63, 3.8) is 0 Å². The lowest BCUT2D eigenvalue weighted by Gasteiger charge is -2.33. The highest BCUT2D eigenvalue weighted by Crippen LogP contribution is 2.50. The van der Waals surface area contributed by atoms with Crippen LogP contribution in [0.3, 0.4) is 0 Å². The molecular weight excluding hydrogens is 248 g/mol. The number of hydrogen-bond donors (Lipinski definition) is 1. The van der Waals surface area contributed by atoms with E-state index in [0.29, 0.717) is 0 Å². The SMILES string of the molecule is CCC1(C(O)c2ccnn2-c2ccccc2)CCCC1. The van der Waals surface area contributed by atoms with Crippen molar-refractivity contribution in [3.8, 4) is 5.69 Å². The summed E-state index contributed by atoms with van der Waals surface area (Å²) in [4.78, 5) is 0. The summed E-state index contributed by atoms with van der Waals surface area (Å²) in [6, 6.07) is 12.0. The average Bonchev–Trinajstić information content (AvgIpc) is 3.17. The smallest absolute Gasteiger partial charge is 0.102 e. The quantitative estimate of drug-likeness (QED) is 0.915. The van der Waals surface area contributed by atoms with E-state index < -0.39 is 6.10 Å². The van der Waals surface area contributed by atoms with E-state index in [0.717, 1.165) is 30.6 Å². The summed E-state index contributed by atoms with van der Waals surface area (Å²) >= 11 is 0. The molecule has 106 valence electrons. The molecule has 3 heteroatoms. The Bertz CT molecular complexity index is 555. The first-order valence-electron chi connectivity index (χ1n) is 7.54. The molecule has 1 aliphatic rings.